The summed E-state index contributed by atoms with van der Waals surface area (Å²) in [4.78, 5) is 26.7. The van der Waals surface area contributed by atoms with E-state index in [2.05, 4.69) is 0 Å². The van der Waals surface area contributed by atoms with Gasteiger partial charge in [-0.05, 0) is 24.6 Å². The fraction of sp³-hybridized carbons (Fsp3) is 0.316. The molecule has 7 heteroatoms. The van der Waals surface area contributed by atoms with Crippen molar-refractivity contribution in [2.75, 3.05) is 31.1 Å². The average Bonchev–Trinajstić information content (AvgIpc) is 2.67. The number of carbonyl (C=O) groups is 1. The summed E-state index contributed by atoms with van der Waals surface area (Å²) in [6.07, 6.45) is 0. The highest BCUT2D eigenvalue weighted by molar-refractivity contribution is 5.83. The molecule has 1 atom stereocenters. The van der Waals surface area contributed by atoms with Crippen molar-refractivity contribution in [1.82, 2.24) is 4.90 Å². The minimum Gasteiger partial charge on any atom is -0.366 e. The lowest BCUT2D eigenvalue weighted by atomic mass is 9.99. The zero-order valence-corrected chi connectivity index (χ0v) is 14.5. The Morgan fingerprint density at radius 1 is 1.08 bits per heavy atom. The zero-order valence-electron chi connectivity index (χ0n) is 14.5. The average molecular weight is 357 g/mol. The molecule has 0 bridgehead atoms. The molecule has 136 valence electrons. The Balaban J connectivity index is 1.62. The fourth-order valence-electron chi connectivity index (χ4n) is 3.18. The van der Waals surface area contributed by atoms with E-state index < -0.39 is 4.92 Å². The standard InChI is InChI=1S/C19H20FN3O3/c1-14(15-6-8-16(9-7-15)23(25)26)19(24)22-12-10-21(11-13-22)18-5-3-2-4-17(18)20/h2-9,14H,10-13H2,1H3/t14-/m1/s1. The van der Waals surface area contributed by atoms with Gasteiger partial charge in [-0.1, -0.05) is 24.3 Å². The Labute approximate surface area is 151 Å². The predicted molar refractivity (Wildman–Crippen MR) is 96.7 cm³/mol. The number of benzene rings is 2. The van der Waals surface area contributed by atoms with Gasteiger partial charge in [-0.3, -0.25) is 14.9 Å². The van der Waals surface area contributed by atoms with Crippen LogP contribution in [0.4, 0.5) is 15.8 Å². The van der Waals surface area contributed by atoms with E-state index >= 15 is 0 Å². The quantitative estimate of drug-likeness (QED) is 0.623. The maximum atomic E-state index is 13.9. The summed E-state index contributed by atoms with van der Waals surface area (Å²) in [6.45, 7) is 3.97. The van der Waals surface area contributed by atoms with Gasteiger partial charge in [-0.25, -0.2) is 4.39 Å². The number of carbonyl (C=O) groups excluding carboxylic acids is 1. The molecule has 0 N–H and O–H groups in total. The molecule has 0 aromatic heterocycles. The number of halogens is 1. The van der Waals surface area contributed by atoms with Crippen LogP contribution in [0, 0.1) is 15.9 Å². The molecule has 0 spiro atoms. The molecule has 0 aliphatic carbocycles. The van der Waals surface area contributed by atoms with E-state index in [9.17, 15) is 19.3 Å². The Morgan fingerprint density at radius 3 is 2.27 bits per heavy atom. The van der Waals surface area contributed by atoms with Crippen molar-refractivity contribution in [3.05, 3.63) is 70.0 Å². The van der Waals surface area contributed by atoms with Crippen LogP contribution in [0.5, 0.6) is 0 Å². The van der Waals surface area contributed by atoms with E-state index in [4.69, 9.17) is 0 Å². The first kappa shape index (κ1) is 17.8. The summed E-state index contributed by atoms with van der Waals surface area (Å²) in [5.41, 5.74) is 1.31. The molecule has 1 aliphatic rings. The molecule has 1 fully saturated rings. The monoisotopic (exact) mass is 357 g/mol. The summed E-state index contributed by atoms with van der Waals surface area (Å²) in [6, 6.07) is 12.7. The van der Waals surface area contributed by atoms with Crippen LogP contribution in [-0.2, 0) is 4.79 Å². The second kappa shape index (κ2) is 7.51. The number of hydrogen-bond acceptors (Lipinski definition) is 4. The molecule has 1 saturated heterocycles. The van der Waals surface area contributed by atoms with Crippen molar-refractivity contribution in [3.63, 3.8) is 0 Å². The minimum atomic E-state index is -0.460. The number of rotatable bonds is 4. The summed E-state index contributed by atoms with van der Waals surface area (Å²) < 4.78 is 13.9. The van der Waals surface area contributed by atoms with Crippen molar-refractivity contribution in [2.24, 2.45) is 0 Å². The Kier molecular flexibility index (Phi) is 5.16. The summed E-state index contributed by atoms with van der Waals surface area (Å²) >= 11 is 0. The second-order valence-corrected chi connectivity index (χ2v) is 6.33. The van der Waals surface area contributed by atoms with Crippen molar-refractivity contribution in [1.29, 1.82) is 0 Å². The van der Waals surface area contributed by atoms with Gasteiger partial charge in [0.25, 0.3) is 5.69 Å². The largest absolute Gasteiger partial charge is 0.366 e. The van der Waals surface area contributed by atoms with Crippen LogP contribution >= 0.6 is 0 Å². The number of piperazine rings is 1. The fourth-order valence-corrected chi connectivity index (χ4v) is 3.18. The van der Waals surface area contributed by atoms with Gasteiger partial charge in [0.15, 0.2) is 0 Å². The van der Waals surface area contributed by atoms with E-state index in [0.29, 0.717) is 31.9 Å². The first-order chi connectivity index (χ1) is 12.5. The predicted octanol–water partition coefficient (Wildman–Crippen LogP) is 3.19. The molecule has 1 aliphatic heterocycles. The van der Waals surface area contributed by atoms with Crippen LogP contribution in [0.1, 0.15) is 18.4 Å². The van der Waals surface area contributed by atoms with Gasteiger partial charge >= 0.3 is 0 Å². The van der Waals surface area contributed by atoms with E-state index in [0.717, 1.165) is 5.56 Å². The molecule has 6 nitrogen and oxygen atoms in total. The number of anilines is 1. The molecule has 2 aromatic rings. The SMILES string of the molecule is C[C@@H](C(=O)N1CCN(c2ccccc2F)CC1)c1ccc([N+](=O)[O-])cc1. The lowest BCUT2D eigenvalue weighted by molar-refractivity contribution is -0.384. The van der Waals surface area contributed by atoms with Crippen LogP contribution in [-0.4, -0.2) is 41.9 Å². The van der Waals surface area contributed by atoms with Gasteiger partial charge in [0.1, 0.15) is 5.82 Å². The maximum Gasteiger partial charge on any atom is 0.269 e. The lowest BCUT2D eigenvalue weighted by Crippen LogP contribution is -2.50. The van der Waals surface area contributed by atoms with Crippen LogP contribution < -0.4 is 4.90 Å². The molecule has 0 saturated carbocycles. The second-order valence-electron chi connectivity index (χ2n) is 6.33. The first-order valence-electron chi connectivity index (χ1n) is 8.50. The first-order valence-corrected chi connectivity index (χ1v) is 8.50. The van der Waals surface area contributed by atoms with Crippen molar-refractivity contribution in [2.45, 2.75) is 12.8 Å². The summed E-state index contributed by atoms with van der Waals surface area (Å²) in [5.74, 6) is -0.658. The van der Waals surface area contributed by atoms with Crippen LogP contribution in [0.2, 0.25) is 0 Å². The Hall–Kier alpha value is -2.96. The topological polar surface area (TPSA) is 66.7 Å². The highest BCUT2D eigenvalue weighted by Gasteiger charge is 2.26. The Morgan fingerprint density at radius 2 is 1.69 bits per heavy atom. The molecular weight excluding hydrogens is 337 g/mol. The highest BCUT2D eigenvalue weighted by atomic mass is 19.1. The van der Waals surface area contributed by atoms with Crippen molar-refractivity contribution in [3.8, 4) is 0 Å². The number of nitrogens with zero attached hydrogens (tertiary/aromatic N) is 3. The highest BCUT2D eigenvalue weighted by Crippen LogP contribution is 2.24. The Bertz CT molecular complexity index is 802. The van der Waals surface area contributed by atoms with Gasteiger partial charge in [-0.2, -0.15) is 0 Å². The van der Waals surface area contributed by atoms with E-state index in [1.165, 1.54) is 18.2 Å². The zero-order chi connectivity index (χ0) is 18.7. The van der Waals surface area contributed by atoms with Gasteiger partial charge < -0.3 is 9.80 Å². The normalized spacial score (nSPS) is 15.6. The number of nitro benzene ring substituents is 1. The summed E-state index contributed by atoms with van der Waals surface area (Å²) in [7, 11) is 0. The number of nitro groups is 1. The molecule has 0 radical (unpaired) electrons. The number of hydrogen-bond donors (Lipinski definition) is 0. The minimum absolute atomic E-state index is 0.00639. The smallest absolute Gasteiger partial charge is 0.269 e. The molecular formula is C19H20FN3O3. The van der Waals surface area contributed by atoms with Gasteiger partial charge in [0.05, 0.1) is 16.5 Å². The molecule has 1 amide bonds. The summed E-state index contributed by atoms with van der Waals surface area (Å²) in [5, 5.41) is 10.7. The third kappa shape index (κ3) is 3.66. The number of non-ortho nitro benzene ring substituents is 1. The number of amides is 1. The number of para-hydroxylation sites is 1. The molecule has 3 rings (SSSR count). The third-order valence-corrected chi connectivity index (χ3v) is 4.76. The van der Waals surface area contributed by atoms with E-state index in [1.807, 2.05) is 4.90 Å². The van der Waals surface area contributed by atoms with Crippen molar-refractivity contribution < 1.29 is 14.1 Å². The van der Waals surface area contributed by atoms with E-state index in [-0.39, 0.29) is 23.3 Å². The molecule has 26 heavy (non-hydrogen) atoms. The van der Waals surface area contributed by atoms with Gasteiger partial charge in [-0.15, -0.1) is 0 Å². The van der Waals surface area contributed by atoms with Crippen LogP contribution in [0.25, 0.3) is 0 Å². The lowest BCUT2D eigenvalue weighted by Gasteiger charge is -2.37. The molecule has 0 unspecified atom stereocenters. The van der Waals surface area contributed by atoms with Gasteiger partial charge in [0, 0.05) is 38.3 Å². The maximum absolute atomic E-state index is 13.9. The van der Waals surface area contributed by atoms with Gasteiger partial charge in [0.2, 0.25) is 5.91 Å². The van der Waals surface area contributed by atoms with E-state index in [1.54, 1.807) is 42.2 Å². The van der Waals surface area contributed by atoms with Crippen LogP contribution in [0.3, 0.4) is 0 Å². The molecule has 1 heterocycles. The van der Waals surface area contributed by atoms with Crippen LogP contribution in [0.15, 0.2) is 48.5 Å². The van der Waals surface area contributed by atoms with Crippen molar-refractivity contribution >= 4 is 17.3 Å². The molecule has 2 aromatic carbocycles. The third-order valence-electron chi connectivity index (χ3n) is 4.76.